The molecule has 0 fully saturated rings. The molecule has 2 heterocycles. The highest BCUT2D eigenvalue weighted by Gasteiger charge is 2.12. The molecule has 0 amide bonds. The van der Waals surface area contributed by atoms with Crippen LogP contribution in [0.4, 0.5) is 4.39 Å². The highest BCUT2D eigenvalue weighted by Crippen LogP contribution is 2.27. The molecule has 100 valence electrons. The van der Waals surface area contributed by atoms with Crippen molar-refractivity contribution in [2.45, 2.75) is 6.42 Å². The molecule has 0 N–H and O–H groups in total. The Labute approximate surface area is 127 Å². The maximum absolute atomic E-state index is 13.1. The summed E-state index contributed by atoms with van der Waals surface area (Å²) in [5.74, 6) is -0.287. The number of halogens is 2. The van der Waals surface area contributed by atoms with Crippen molar-refractivity contribution in [2.24, 2.45) is 0 Å². The fourth-order valence-corrected chi connectivity index (χ4v) is 3.13. The topological polar surface area (TPSA) is 30.0 Å². The largest absolute Gasteiger partial charge is 0.293 e. The molecule has 0 saturated heterocycles. The average Bonchev–Trinajstić information content (AvgIpc) is 2.84. The summed E-state index contributed by atoms with van der Waals surface area (Å²) in [5, 5.41) is 0.766. The van der Waals surface area contributed by atoms with Crippen LogP contribution in [0.5, 0.6) is 0 Å². The van der Waals surface area contributed by atoms with E-state index in [1.165, 1.54) is 23.5 Å². The lowest BCUT2D eigenvalue weighted by molar-refractivity contribution is 0.0996. The first kappa shape index (κ1) is 13.4. The molecule has 3 aromatic rings. The molecule has 0 radical (unpaired) electrons. The van der Waals surface area contributed by atoms with Crippen LogP contribution >= 0.6 is 27.3 Å². The summed E-state index contributed by atoms with van der Waals surface area (Å²) in [5.41, 5.74) is 0.724. The summed E-state index contributed by atoms with van der Waals surface area (Å²) in [6.45, 7) is 0. The Kier molecular flexibility index (Phi) is 3.63. The van der Waals surface area contributed by atoms with Crippen molar-refractivity contribution < 1.29 is 9.18 Å². The van der Waals surface area contributed by atoms with Gasteiger partial charge >= 0.3 is 0 Å². The van der Waals surface area contributed by atoms with Gasteiger partial charge in [-0.2, -0.15) is 0 Å². The van der Waals surface area contributed by atoms with Crippen molar-refractivity contribution in [3.63, 3.8) is 0 Å². The number of rotatable bonds is 3. The molecular weight excluding hydrogens is 341 g/mol. The molecular formula is C15H9BrFNOS. The fourth-order valence-electron chi connectivity index (χ4n) is 1.91. The van der Waals surface area contributed by atoms with E-state index in [-0.39, 0.29) is 18.0 Å². The standard InChI is InChI=1S/C15H9BrFNOS/c16-10-1-3-12(18-8-10)7-13(19)15-6-9-5-11(17)2-4-14(9)20-15/h1-6,8H,7H2. The highest BCUT2D eigenvalue weighted by molar-refractivity contribution is 9.10. The SMILES string of the molecule is O=C(Cc1ccc(Br)cn1)c1cc2cc(F)ccc2s1. The zero-order valence-electron chi connectivity index (χ0n) is 10.3. The summed E-state index contributed by atoms with van der Waals surface area (Å²) in [7, 11) is 0. The molecule has 2 nitrogen and oxygen atoms in total. The van der Waals surface area contributed by atoms with E-state index in [0.29, 0.717) is 4.88 Å². The number of carbonyl (C=O) groups is 1. The molecule has 20 heavy (non-hydrogen) atoms. The molecule has 0 saturated carbocycles. The number of pyridine rings is 1. The van der Waals surface area contributed by atoms with Gasteiger partial charge in [-0.15, -0.1) is 11.3 Å². The van der Waals surface area contributed by atoms with Crippen molar-refractivity contribution >= 4 is 43.1 Å². The Morgan fingerprint density at radius 1 is 1.25 bits per heavy atom. The highest BCUT2D eigenvalue weighted by atomic mass is 79.9. The van der Waals surface area contributed by atoms with Crippen LogP contribution in [-0.2, 0) is 6.42 Å². The molecule has 0 aliphatic carbocycles. The van der Waals surface area contributed by atoms with Crippen LogP contribution in [0, 0.1) is 5.82 Å². The number of benzene rings is 1. The van der Waals surface area contributed by atoms with Crippen molar-refractivity contribution in [3.8, 4) is 0 Å². The van der Waals surface area contributed by atoms with Gasteiger partial charge in [0, 0.05) is 21.1 Å². The van der Waals surface area contributed by atoms with Crippen LogP contribution in [0.3, 0.4) is 0 Å². The molecule has 0 aliphatic rings. The molecule has 0 atom stereocenters. The first-order chi connectivity index (χ1) is 9.61. The molecule has 0 aliphatic heterocycles. The van der Waals surface area contributed by atoms with Gasteiger partial charge in [-0.1, -0.05) is 0 Å². The minimum absolute atomic E-state index is 0.00132. The zero-order valence-corrected chi connectivity index (χ0v) is 12.7. The number of aromatic nitrogens is 1. The summed E-state index contributed by atoms with van der Waals surface area (Å²) in [4.78, 5) is 17.0. The number of fused-ring (bicyclic) bond motifs is 1. The predicted octanol–water partition coefficient (Wildman–Crippen LogP) is 4.62. The maximum atomic E-state index is 13.1. The second-order valence-corrected chi connectivity index (χ2v) is 6.36. The third kappa shape index (κ3) is 2.78. The van der Waals surface area contributed by atoms with Crippen LogP contribution in [0.25, 0.3) is 10.1 Å². The maximum Gasteiger partial charge on any atom is 0.178 e. The van der Waals surface area contributed by atoms with E-state index in [4.69, 9.17) is 0 Å². The van der Waals surface area contributed by atoms with Crippen LogP contribution in [0.1, 0.15) is 15.4 Å². The van der Waals surface area contributed by atoms with Crippen molar-refractivity contribution in [1.29, 1.82) is 0 Å². The smallest absolute Gasteiger partial charge is 0.178 e. The summed E-state index contributed by atoms with van der Waals surface area (Å²) in [6, 6.07) is 9.96. The second kappa shape index (κ2) is 5.42. The van der Waals surface area contributed by atoms with E-state index in [1.807, 2.05) is 12.1 Å². The number of hydrogen-bond acceptors (Lipinski definition) is 3. The lowest BCUT2D eigenvalue weighted by Crippen LogP contribution is -2.02. The predicted molar refractivity (Wildman–Crippen MR) is 81.8 cm³/mol. The van der Waals surface area contributed by atoms with E-state index in [2.05, 4.69) is 20.9 Å². The first-order valence-corrected chi connectivity index (χ1v) is 7.55. The number of Topliss-reactive ketones (excluding diaryl/α,β-unsaturated/α-hetero) is 1. The van der Waals surface area contributed by atoms with E-state index in [0.717, 1.165) is 20.3 Å². The summed E-state index contributed by atoms with van der Waals surface area (Å²) in [6.07, 6.45) is 1.92. The van der Waals surface area contributed by atoms with Crippen LogP contribution < -0.4 is 0 Å². The van der Waals surface area contributed by atoms with E-state index in [9.17, 15) is 9.18 Å². The van der Waals surface area contributed by atoms with Crippen LogP contribution in [-0.4, -0.2) is 10.8 Å². The van der Waals surface area contributed by atoms with Gasteiger partial charge in [0.15, 0.2) is 5.78 Å². The minimum atomic E-state index is -0.288. The third-order valence-corrected chi connectivity index (χ3v) is 4.51. The quantitative estimate of drug-likeness (QED) is 0.645. The van der Waals surface area contributed by atoms with Gasteiger partial charge in [0.25, 0.3) is 0 Å². The normalized spacial score (nSPS) is 10.9. The van der Waals surface area contributed by atoms with Crippen LogP contribution in [0.15, 0.2) is 47.1 Å². The molecule has 3 rings (SSSR count). The van der Waals surface area contributed by atoms with Crippen LogP contribution in [0.2, 0.25) is 0 Å². The van der Waals surface area contributed by atoms with E-state index in [1.54, 1.807) is 18.3 Å². The molecule has 0 spiro atoms. The Balaban J connectivity index is 1.86. The van der Waals surface area contributed by atoms with Gasteiger partial charge in [0.1, 0.15) is 5.82 Å². The second-order valence-electron chi connectivity index (χ2n) is 4.36. The van der Waals surface area contributed by atoms with Crippen molar-refractivity contribution in [1.82, 2.24) is 4.98 Å². The van der Waals surface area contributed by atoms with Gasteiger partial charge < -0.3 is 0 Å². The van der Waals surface area contributed by atoms with Gasteiger partial charge in [0.05, 0.1) is 11.3 Å². The number of ketones is 1. The lowest BCUT2D eigenvalue weighted by atomic mass is 10.1. The minimum Gasteiger partial charge on any atom is -0.293 e. The Morgan fingerprint density at radius 2 is 2.10 bits per heavy atom. The fraction of sp³-hybridized carbons (Fsp3) is 0.0667. The number of hydrogen-bond donors (Lipinski definition) is 0. The van der Waals surface area contributed by atoms with Gasteiger partial charge in [0.2, 0.25) is 0 Å². The Bertz CT molecular complexity index is 782. The lowest BCUT2D eigenvalue weighted by Gasteiger charge is -1.98. The monoisotopic (exact) mass is 349 g/mol. The summed E-state index contributed by atoms with van der Waals surface area (Å²) >= 11 is 4.69. The molecule has 0 bridgehead atoms. The van der Waals surface area contributed by atoms with Crippen molar-refractivity contribution in [3.05, 3.63) is 63.5 Å². The zero-order chi connectivity index (χ0) is 14.1. The molecule has 2 aromatic heterocycles. The Morgan fingerprint density at radius 3 is 2.85 bits per heavy atom. The van der Waals surface area contributed by atoms with E-state index < -0.39 is 0 Å². The number of carbonyl (C=O) groups excluding carboxylic acids is 1. The average molecular weight is 350 g/mol. The number of thiophene rings is 1. The van der Waals surface area contributed by atoms with Crippen molar-refractivity contribution in [2.75, 3.05) is 0 Å². The third-order valence-electron chi connectivity index (χ3n) is 2.88. The summed E-state index contributed by atoms with van der Waals surface area (Å²) < 4.78 is 14.9. The Hall–Kier alpha value is -1.59. The van der Waals surface area contributed by atoms with Gasteiger partial charge in [-0.05, 0) is 57.7 Å². The first-order valence-electron chi connectivity index (χ1n) is 5.94. The van der Waals surface area contributed by atoms with Gasteiger partial charge in [-0.3, -0.25) is 9.78 Å². The van der Waals surface area contributed by atoms with E-state index >= 15 is 0 Å². The molecule has 0 unspecified atom stereocenters. The molecule has 5 heteroatoms. The number of nitrogens with zero attached hydrogens (tertiary/aromatic N) is 1. The molecule has 1 aromatic carbocycles. The van der Waals surface area contributed by atoms with Gasteiger partial charge in [-0.25, -0.2) is 4.39 Å².